The fourth-order valence-electron chi connectivity index (χ4n) is 3.53. The van der Waals surface area contributed by atoms with Gasteiger partial charge in [0.05, 0.1) is 0 Å². The number of hydrogen-bond donors (Lipinski definition) is 2. The fourth-order valence-corrected chi connectivity index (χ4v) is 3.78. The van der Waals surface area contributed by atoms with Crippen molar-refractivity contribution < 1.29 is 9.59 Å². The first kappa shape index (κ1) is 14.7. The quantitative estimate of drug-likeness (QED) is 0.771. The minimum Gasteiger partial charge on any atom is -0.344 e. The highest BCUT2D eigenvalue weighted by Gasteiger charge is 2.38. The number of likely N-dealkylation sites (tertiary alicyclic amines) is 1. The van der Waals surface area contributed by atoms with E-state index in [2.05, 4.69) is 17.9 Å². The van der Waals surface area contributed by atoms with E-state index >= 15 is 0 Å². The molecule has 2 atom stereocenters. The van der Waals surface area contributed by atoms with Gasteiger partial charge in [-0.1, -0.05) is 12.8 Å². The first-order valence-corrected chi connectivity index (χ1v) is 7.95. The molecule has 108 valence electrons. The summed E-state index contributed by atoms with van der Waals surface area (Å²) in [5, 5.41) is 2.71. The predicted octanol–water partition coefficient (Wildman–Crippen LogP) is 1.60. The number of carbonyl (C=O) groups excluding carboxylic acids is 2. The minimum absolute atomic E-state index is 0.0552. The Hall–Kier alpha value is -0.710. The van der Waals surface area contributed by atoms with E-state index in [1.165, 1.54) is 32.6 Å². The first-order valence-electron chi connectivity index (χ1n) is 7.32. The van der Waals surface area contributed by atoms with Crippen molar-refractivity contribution in [3.05, 3.63) is 0 Å². The standard InChI is InChI=1S/C14H24N2O2S/c1-10(17)15-12(9-19)14(18)16-8-4-7-13(16)11-5-2-3-6-11/h11-13,19H,2-9H2,1H3,(H,15,17). The lowest BCUT2D eigenvalue weighted by atomic mass is 9.95. The van der Waals surface area contributed by atoms with Crippen molar-refractivity contribution in [1.29, 1.82) is 0 Å². The Morgan fingerprint density at radius 2 is 1.95 bits per heavy atom. The highest BCUT2D eigenvalue weighted by atomic mass is 32.1. The molecule has 1 aliphatic heterocycles. The van der Waals surface area contributed by atoms with Crippen LogP contribution in [-0.2, 0) is 9.59 Å². The molecule has 2 fully saturated rings. The summed E-state index contributed by atoms with van der Waals surface area (Å²) in [6, 6.07) is -0.0750. The average Bonchev–Trinajstić information content (AvgIpc) is 3.03. The van der Waals surface area contributed by atoms with E-state index in [0.29, 0.717) is 17.7 Å². The Labute approximate surface area is 120 Å². The zero-order chi connectivity index (χ0) is 13.8. The molecule has 1 heterocycles. The largest absolute Gasteiger partial charge is 0.344 e. The Bertz CT molecular complexity index is 342. The van der Waals surface area contributed by atoms with Gasteiger partial charge in [0.2, 0.25) is 11.8 Å². The maximum atomic E-state index is 12.5. The zero-order valence-electron chi connectivity index (χ0n) is 11.6. The van der Waals surface area contributed by atoms with E-state index in [-0.39, 0.29) is 11.8 Å². The monoisotopic (exact) mass is 284 g/mol. The van der Waals surface area contributed by atoms with E-state index in [4.69, 9.17) is 0 Å². The van der Waals surface area contributed by atoms with E-state index in [0.717, 1.165) is 19.4 Å². The van der Waals surface area contributed by atoms with Gasteiger partial charge < -0.3 is 10.2 Å². The molecule has 0 aromatic heterocycles. The Morgan fingerprint density at radius 1 is 1.26 bits per heavy atom. The second-order valence-corrected chi connectivity index (χ2v) is 6.09. The summed E-state index contributed by atoms with van der Waals surface area (Å²) in [6.45, 7) is 2.28. The molecule has 2 aliphatic rings. The normalized spacial score (nSPS) is 25.6. The summed E-state index contributed by atoms with van der Waals surface area (Å²) in [6.07, 6.45) is 7.30. The lowest BCUT2D eigenvalue weighted by Gasteiger charge is -2.32. The second kappa shape index (κ2) is 6.64. The van der Waals surface area contributed by atoms with Crippen molar-refractivity contribution in [3.63, 3.8) is 0 Å². The van der Waals surface area contributed by atoms with Crippen LogP contribution in [0.25, 0.3) is 0 Å². The maximum Gasteiger partial charge on any atom is 0.246 e. The molecule has 1 N–H and O–H groups in total. The van der Waals surface area contributed by atoms with Crippen LogP contribution in [0.2, 0.25) is 0 Å². The highest BCUT2D eigenvalue weighted by molar-refractivity contribution is 7.80. The number of thiol groups is 1. The van der Waals surface area contributed by atoms with Crippen molar-refractivity contribution in [2.24, 2.45) is 5.92 Å². The Balaban J connectivity index is 2.01. The van der Waals surface area contributed by atoms with Gasteiger partial charge in [-0.3, -0.25) is 9.59 Å². The second-order valence-electron chi connectivity index (χ2n) is 5.72. The van der Waals surface area contributed by atoms with E-state index in [9.17, 15) is 9.59 Å². The van der Waals surface area contributed by atoms with Gasteiger partial charge in [0.15, 0.2) is 0 Å². The number of carbonyl (C=O) groups is 2. The van der Waals surface area contributed by atoms with Crippen molar-refractivity contribution in [3.8, 4) is 0 Å². The van der Waals surface area contributed by atoms with Gasteiger partial charge in [-0.15, -0.1) is 0 Å². The molecule has 1 aliphatic carbocycles. The van der Waals surface area contributed by atoms with Crippen LogP contribution in [-0.4, -0.2) is 41.1 Å². The van der Waals surface area contributed by atoms with Gasteiger partial charge in [-0.25, -0.2) is 0 Å². The third-order valence-electron chi connectivity index (χ3n) is 4.38. The molecule has 2 amide bonds. The number of amides is 2. The van der Waals surface area contributed by atoms with Crippen LogP contribution < -0.4 is 5.32 Å². The van der Waals surface area contributed by atoms with E-state index < -0.39 is 6.04 Å². The topological polar surface area (TPSA) is 49.4 Å². The summed E-state index contributed by atoms with van der Waals surface area (Å²) >= 11 is 4.20. The molecule has 19 heavy (non-hydrogen) atoms. The van der Waals surface area contributed by atoms with Crippen molar-refractivity contribution in [1.82, 2.24) is 10.2 Å². The van der Waals surface area contributed by atoms with Crippen molar-refractivity contribution in [2.45, 2.75) is 57.5 Å². The number of hydrogen-bond acceptors (Lipinski definition) is 3. The minimum atomic E-state index is -0.470. The number of nitrogens with zero attached hydrogens (tertiary/aromatic N) is 1. The van der Waals surface area contributed by atoms with Gasteiger partial charge in [0.25, 0.3) is 0 Å². The van der Waals surface area contributed by atoms with Gasteiger partial charge in [-0.2, -0.15) is 12.6 Å². The van der Waals surface area contributed by atoms with Crippen molar-refractivity contribution in [2.75, 3.05) is 12.3 Å². The molecular formula is C14H24N2O2S. The molecule has 0 aromatic carbocycles. The SMILES string of the molecule is CC(=O)NC(CS)C(=O)N1CCCC1C1CCCC1. The third kappa shape index (κ3) is 3.44. The van der Waals surface area contributed by atoms with Gasteiger partial charge in [0.1, 0.15) is 6.04 Å². The summed E-state index contributed by atoms with van der Waals surface area (Å²) in [5.41, 5.74) is 0. The Morgan fingerprint density at radius 3 is 2.53 bits per heavy atom. The van der Waals surface area contributed by atoms with Gasteiger partial charge in [-0.05, 0) is 31.6 Å². The summed E-state index contributed by atoms with van der Waals surface area (Å²) in [4.78, 5) is 25.7. The molecule has 0 bridgehead atoms. The van der Waals surface area contributed by atoms with Crippen LogP contribution in [0.5, 0.6) is 0 Å². The number of rotatable bonds is 4. The van der Waals surface area contributed by atoms with Crippen LogP contribution >= 0.6 is 12.6 Å². The molecule has 0 aromatic rings. The molecule has 5 heteroatoms. The van der Waals surface area contributed by atoms with Gasteiger partial charge >= 0.3 is 0 Å². The van der Waals surface area contributed by atoms with Crippen LogP contribution in [0, 0.1) is 5.92 Å². The summed E-state index contributed by atoms with van der Waals surface area (Å²) in [7, 11) is 0. The smallest absolute Gasteiger partial charge is 0.246 e. The zero-order valence-corrected chi connectivity index (χ0v) is 12.5. The van der Waals surface area contributed by atoms with Crippen LogP contribution in [0.15, 0.2) is 0 Å². The van der Waals surface area contributed by atoms with Crippen LogP contribution in [0.4, 0.5) is 0 Å². The van der Waals surface area contributed by atoms with E-state index in [1.807, 2.05) is 4.90 Å². The number of nitrogens with one attached hydrogen (secondary N) is 1. The lowest BCUT2D eigenvalue weighted by Crippen LogP contribution is -2.51. The third-order valence-corrected chi connectivity index (χ3v) is 4.75. The first-order chi connectivity index (χ1) is 9.13. The molecule has 1 saturated heterocycles. The molecule has 0 radical (unpaired) electrons. The highest BCUT2D eigenvalue weighted by Crippen LogP contribution is 2.35. The molecule has 2 unspecified atom stereocenters. The van der Waals surface area contributed by atoms with Crippen LogP contribution in [0.1, 0.15) is 45.4 Å². The summed E-state index contributed by atoms with van der Waals surface area (Å²) in [5.74, 6) is 0.930. The molecule has 4 nitrogen and oxygen atoms in total. The molecule has 2 rings (SSSR count). The Kier molecular flexibility index (Phi) is 5.13. The lowest BCUT2D eigenvalue weighted by molar-refractivity contribution is -0.136. The van der Waals surface area contributed by atoms with Crippen LogP contribution in [0.3, 0.4) is 0 Å². The van der Waals surface area contributed by atoms with E-state index in [1.54, 1.807) is 0 Å². The predicted molar refractivity (Wildman–Crippen MR) is 78.2 cm³/mol. The molecule has 1 saturated carbocycles. The van der Waals surface area contributed by atoms with Crippen molar-refractivity contribution >= 4 is 24.4 Å². The molecular weight excluding hydrogens is 260 g/mol. The summed E-state index contributed by atoms with van der Waals surface area (Å²) < 4.78 is 0. The van der Waals surface area contributed by atoms with Gasteiger partial charge in [0, 0.05) is 25.3 Å². The fraction of sp³-hybridized carbons (Fsp3) is 0.857. The average molecular weight is 284 g/mol. The molecule has 0 spiro atoms. The maximum absolute atomic E-state index is 12.5.